The van der Waals surface area contributed by atoms with Crippen molar-refractivity contribution in [1.29, 1.82) is 0 Å². The van der Waals surface area contributed by atoms with E-state index in [1.807, 2.05) is 12.1 Å². The molecule has 19 heavy (non-hydrogen) atoms. The number of methoxy groups -OCH3 is 1. The molecule has 0 unspecified atom stereocenters. The lowest BCUT2D eigenvalue weighted by Crippen LogP contribution is -2.36. The Hall–Kier alpha value is -1.18. The van der Waals surface area contributed by atoms with Gasteiger partial charge in [-0.2, -0.15) is 0 Å². The molecule has 1 N–H and O–H groups in total. The number of carboxylic acids is 1. The minimum atomic E-state index is -1.04. The fourth-order valence-corrected chi connectivity index (χ4v) is 2.63. The number of ether oxygens (including phenoxy) is 1. The second-order valence-electron chi connectivity index (χ2n) is 3.62. The van der Waals surface area contributed by atoms with Gasteiger partial charge in [-0.1, -0.05) is 0 Å². The highest BCUT2D eigenvalue weighted by Gasteiger charge is 2.13. The molecule has 0 fully saturated rings. The maximum absolute atomic E-state index is 11.9. The zero-order valence-electron chi connectivity index (χ0n) is 10.3. The number of thiophene rings is 1. The van der Waals surface area contributed by atoms with Gasteiger partial charge in [-0.15, -0.1) is 11.3 Å². The van der Waals surface area contributed by atoms with Crippen molar-refractivity contribution in [3.8, 4) is 0 Å². The van der Waals surface area contributed by atoms with Gasteiger partial charge in [-0.05, 0) is 34.1 Å². The van der Waals surface area contributed by atoms with Crippen LogP contribution in [-0.2, 0) is 14.3 Å². The van der Waals surface area contributed by atoms with Crippen LogP contribution in [0.3, 0.4) is 0 Å². The van der Waals surface area contributed by atoms with Crippen LogP contribution in [0.15, 0.2) is 22.0 Å². The Balaban J connectivity index is 2.64. The van der Waals surface area contributed by atoms with Gasteiger partial charge in [0.15, 0.2) is 0 Å². The summed E-state index contributed by atoms with van der Waals surface area (Å²) in [4.78, 5) is 24.7. The molecular formula is C12H14BrNO4S. The summed E-state index contributed by atoms with van der Waals surface area (Å²) >= 11 is 4.82. The predicted molar refractivity (Wildman–Crippen MR) is 77.1 cm³/mol. The van der Waals surface area contributed by atoms with Gasteiger partial charge in [0.05, 0.1) is 10.4 Å². The van der Waals surface area contributed by atoms with Crippen LogP contribution in [0.2, 0.25) is 0 Å². The smallest absolute Gasteiger partial charge is 0.323 e. The van der Waals surface area contributed by atoms with Crippen molar-refractivity contribution in [3.05, 3.63) is 26.9 Å². The summed E-state index contributed by atoms with van der Waals surface area (Å²) in [5, 5.41) is 8.76. The SMILES string of the molecule is COCCN(CC(=O)O)C(=O)/C=C/c1ccc(Br)s1. The summed E-state index contributed by atoms with van der Waals surface area (Å²) < 4.78 is 5.83. The number of carbonyl (C=O) groups excluding carboxylic acids is 1. The van der Waals surface area contributed by atoms with E-state index in [-0.39, 0.29) is 19.0 Å². The number of halogens is 1. The van der Waals surface area contributed by atoms with E-state index < -0.39 is 5.97 Å². The molecule has 0 bridgehead atoms. The number of rotatable bonds is 7. The van der Waals surface area contributed by atoms with Crippen molar-refractivity contribution in [3.63, 3.8) is 0 Å². The Kier molecular flexibility index (Phi) is 6.75. The van der Waals surface area contributed by atoms with Gasteiger partial charge in [0.1, 0.15) is 6.54 Å². The van der Waals surface area contributed by atoms with E-state index in [2.05, 4.69) is 15.9 Å². The highest BCUT2D eigenvalue weighted by Crippen LogP contribution is 2.22. The van der Waals surface area contributed by atoms with E-state index in [1.165, 1.54) is 29.4 Å². The average molecular weight is 348 g/mol. The summed E-state index contributed by atoms with van der Waals surface area (Å²) in [5.74, 6) is -1.39. The third kappa shape index (κ3) is 6.00. The molecule has 1 rings (SSSR count). The van der Waals surface area contributed by atoms with Crippen LogP contribution in [0.4, 0.5) is 0 Å². The van der Waals surface area contributed by atoms with E-state index in [4.69, 9.17) is 9.84 Å². The Morgan fingerprint density at radius 3 is 2.79 bits per heavy atom. The lowest BCUT2D eigenvalue weighted by Gasteiger charge is -2.18. The van der Waals surface area contributed by atoms with E-state index >= 15 is 0 Å². The minimum absolute atomic E-state index is 0.250. The number of amides is 1. The number of carbonyl (C=O) groups is 2. The van der Waals surface area contributed by atoms with E-state index in [0.29, 0.717) is 6.61 Å². The maximum atomic E-state index is 11.9. The first kappa shape index (κ1) is 15.9. The molecule has 0 aliphatic rings. The first-order valence-electron chi connectivity index (χ1n) is 5.46. The topological polar surface area (TPSA) is 66.8 Å². The molecule has 0 atom stereocenters. The van der Waals surface area contributed by atoms with Crippen LogP contribution in [0, 0.1) is 0 Å². The van der Waals surface area contributed by atoms with Crippen molar-refractivity contribution < 1.29 is 19.4 Å². The molecule has 1 heterocycles. The Labute approximate surface area is 123 Å². The van der Waals surface area contributed by atoms with Gasteiger partial charge < -0.3 is 14.7 Å². The largest absolute Gasteiger partial charge is 0.480 e. The molecule has 0 saturated heterocycles. The zero-order valence-corrected chi connectivity index (χ0v) is 12.7. The Bertz CT molecular complexity index is 472. The van der Waals surface area contributed by atoms with E-state index in [0.717, 1.165) is 8.66 Å². The fraction of sp³-hybridized carbons (Fsp3) is 0.333. The van der Waals surface area contributed by atoms with Crippen molar-refractivity contribution >= 4 is 45.2 Å². The van der Waals surface area contributed by atoms with Crippen LogP contribution >= 0.6 is 27.3 Å². The van der Waals surface area contributed by atoms with Crippen molar-refractivity contribution in [2.24, 2.45) is 0 Å². The number of hydrogen-bond acceptors (Lipinski definition) is 4. The molecule has 0 saturated carbocycles. The second-order valence-corrected chi connectivity index (χ2v) is 6.12. The third-order valence-corrected chi connectivity index (χ3v) is 3.78. The molecule has 0 aliphatic carbocycles. The summed E-state index contributed by atoms with van der Waals surface area (Å²) in [7, 11) is 1.50. The van der Waals surface area contributed by atoms with Crippen LogP contribution in [0.5, 0.6) is 0 Å². The number of aliphatic carboxylic acids is 1. The molecule has 0 radical (unpaired) electrons. The number of hydrogen-bond donors (Lipinski definition) is 1. The first-order valence-corrected chi connectivity index (χ1v) is 7.07. The van der Waals surface area contributed by atoms with E-state index in [9.17, 15) is 9.59 Å². The van der Waals surface area contributed by atoms with Gasteiger partial charge in [0, 0.05) is 24.6 Å². The van der Waals surface area contributed by atoms with Gasteiger partial charge >= 0.3 is 5.97 Å². The minimum Gasteiger partial charge on any atom is -0.480 e. The summed E-state index contributed by atoms with van der Waals surface area (Å²) in [6, 6.07) is 3.75. The normalized spacial score (nSPS) is 10.8. The van der Waals surface area contributed by atoms with Gasteiger partial charge in [-0.25, -0.2) is 0 Å². The summed E-state index contributed by atoms with van der Waals surface area (Å²) in [5.41, 5.74) is 0. The molecule has 7 heteroatoms. The van der Waals surface area contributed by atoms with Gasteiger partial charge in [0.2, 0.25) is 5.91 Å². The maximum Gasteiger partial charge on any atom is 0.323 e. The molecule has 1 amide bonds. The van der Waals surface area contributed by atoms with Crippen molar-refractivity contribution in [2.45, 2.75) is 0 Å². The Morgan fingerprint density at radius 1 is 1.53 bits per heavy atom. The molecule has 1 aromatic rings. The zero-order chi connectivity index (χ0) is 14.3. The predicted octanol–water partition coefficient (Wildman–Crippen LogP) is 2.08. The van der Waals surface area contributed by atoms with Crippen LogP contribution in [-0.4, -0.2) is 48.7 Å². The summed E-state index contributed by atoms with van der Waals surface area (Å²) in [6.07, 6.45) is 3.04. The van der Waals surface area contributed by atoms with Gasteiger partial charge in [-0.3, -0.25) is 9.59 Å². The summed E-state index contributed by atoms with van der Waals surface area (Å²) in [6.45, 7) is 0.220. The molecule has 0 spiro atoms. The van der Waals surface area contributed by atoms with Crippen LogP contribution in [0.1, 0.15) is 4.88 Å². The molecular weight excluding hydrogens is 334 g/mol. The third-order valence-electron chi connectivity index (χ3n) is 2.19. The average Bonchev–Trinajstić information content (AvgIpc) is 2.77. The van der Waals surface area contributed by atoms with E-state index in [1.54, 1.807) is 6.08 Å². The molecule has 5 nitrogen and oxygen atoms in total. The van der Waals surface area contributed by atoms with Crippen molar-refractivity contribution in [2.75, 3.05) is 26.8 Å². The van der Waals surface area contributed by atoms with Crippen molar-refractivity contribution in [1.82, 2.24) is 4.90 Å². The van der Waals surface area contributed by atoms with Crippen LogP contribution in [0.25, 0.3) is 6.08 Å². The quantitative estimate of drug-likeness (QED) is 0.767. The lowest BCUT2D eigenvalue weighted by molar-refractivity contribution is -0.143. The molecule has 104 valence electrons. The van der Waals surface area contributed by atoms with Crippen LogP contribution < -0.4 is 0 Å². The Morgan fingerprint density at radius 2 is 2.26 bits per heavy atom. The fourth-order valence-electron chi connectivity index (χ4n) is 1.31. The molecule has 0 aromatic carbocycles. The number of carboxylic acid groups (broad SMARTS) is 1. The molecule has 0 aliphatic heterocycles. The second kappa shape index (κ2) is 8.08. The highest BCUT2D eigenvalue weighted by molar-refractivity contribution is 9.11. The molecule has 1 aromatic heterocycles. The highest BCUT2D eigenvalue weighted by atomic mass is 79.9. The first-order chi connectivity index (χ1) is 9.02. The number of nitrogens with zero attached hydrogens (tertiary/aromatic N) is 1. The standard InChI is InChI=1S/C12H14BrNO4S/c1-18-7-6-14(8-12(16)17)11(15)5-3-9-2-4-10(13)19-9/h2-5H,6-8H2,1H3,(H,16,17)/b5-3+. The lowest BCUT2D eigenvalue weighted by atomic mass is 10.3. The monoisotopic (exact) mass is 347 g/mol. The van der Waals surface area contributed by atoms with Gasteiger partial charge in [0.25, 0.3) is 0 Å².